The van der Waals surface area contributed by atoms with Crippen LogP contribution >= 0.6 is 0 Å². The molecule has 1 fully saturated rings. The Morgan fingerprint density at radius 3 is 2.54 bits per heavy atom. The molecule has 2 aromatic heterocycles. The second-order valence-corrected chi connectivity index (χ2v) is 6.03. The van der Waals surface area contributed by atoms with Gasteiger partial charge in [0.2, 0.25) is 5.95 Å². The molecular weight excluding hydrogens is 309 g/mol. The first kappa shape index (κ1) is 16.3. The lowest BCUT2D eigenvalue weighted by atomic mass is 10.1. The zero-order valence-corrected chi connectivity index (χ0v) is 14.0. The van der Waals surface area contributed by atoms with E-state index in [1.165, 1.54) is 12.4 Å². The maximum Gasteiger partial charge on any atom is 0.257 e. The van der Waals surface area contributed by atoms with Gasteiger partial charge in [0.15, 0.2) is 0 Å². The largest absolute Gasteiger partial charge is 0.350 e. The van der Waals surface area contributed by atoms with Crippen LogP contribution in [0, 0.1) is 19.8 Å². The molecule has 0 aliphatic carbocycles. The van der Waals surface area contributed by atoms with Gasteiger partial charge in [-0.05, 0) is 32.9 Å². The van der Waals surface area contributed by atoms with Crippen LogP contribution in [0.2, 0.25) is 0 Å². The number of hydrogen-bond donors (Lipinski definition) is 0. The van der Waals surface area contributed by atoms with Crippen molar-refractivity contribution in [1.29, 1.82) is 0 Å². The van der Waals surface area contributed by atoms with E-state index in [2.05, 4.69) is 15.0 Å². The molecule has 1 unspecified atom stereocenters. The van der Waals surface area contributed by atoms with E-state index in [1.54, 1.807) is 17.0 Å². The molecule has 24 heavy (non-hydrogen) atoms. The molecule has 0 bridgehead atoms. The Morgan fingerprint density at radius 1 is 1.21 bits per heavy atom. The van der Waals surface area contributed by atoms with Crippen LogP contribution in [0.1, 0.15) is 28.7 Å². The first-order valence-electron chi connectivity index (χ1n) is 7.94. The number of amides is 1. The summed E-state index contributed by atoms with van der Waals surface area (Å²) in [6.07, 6.45) is 1.47. The number of aromatic nitrogens is 3. The Morgan fingerprint density at radius 2 is 1.92 bits per heavy atom. The van der Waals surface area contributed by atoms with Crippen molar-refractivity contribution in [1.82, 2.24) is 19.9 Å². The number of halogens is 1. The number of rotatable bonds is 2. The van der Waals surface area contributed by atoms with Crippen LogP contribution < -0.4 is 4.90 Å². The molecule has 0 spiro atoms. The maximum absolute atomic E-state index is 13.3. The number of piperazine rings is 1. The topological polar surface area (TPSA) is 62.2 Å². The van der Waals surface area contributed by atoms with Crippen LogP contribution in [-0.4, -0.2) is 51.4 Å². The molecule has 7 heteroatoms. The fraction of sp³-hybridized carbons (Fsp3) is 0.412. The zero-order valence-electron chi connectivity index (χ0n) is 14.0. The van der Waals surface area contributed by atoms with Crippen molar-refractivity contribution in [3.05, 3.63) is 47.4 Å². The first-order valence-corrected chi connectivity index (χ1v) is 7.94. The summed E-state index contributed by atoms with van der Waals surface area (Å²) in [6, 6.07) is 4.81. The van der Waals surface area contributed by atoms with Gasteiger partial charge in [-0.2, -0.15) is 4.39 Å². The van der Waals surface area contributed by atoms with Crippen molar-refractivity contribution in [3.63, 3.8) is 0 Å². The highest BCUT2D eigenvalue weighted by Gasteiger charge is 2.29. The monoisotopic (exact) mass is 329 g/mol. The zero-order chi connectivity index (χ0) is 17.3. The Balaban J connectivity index is 1.77. The van der Waals surface area contributed by atoms with E-state index in [0.717, 1.165) is 0 Å². The summed E-state index contributed by atoms with van der Waals surface area (Å²) in [6.45, 7) is 7.35. The number of nitrogens with zero attached hydrogens (tertiary/aromatic N) is 5. The third-order valence-corrected chi connectivity index (χ3v) is 4.35. The van der Waals surface area contributed by atoms with Crippen LogP contribution in [0.15, 0.2) is 24.5 Å². The number of hydrogen-bond acceptors (Lipinski definition) is 5. The van der Waals surface area contributed by atoms with Gasteiger partial charge in [-0.1, -0.05) is 6.07 Å². The Kier molecular flexibility index (Phi) is 4.42. The lowest BCUT2D eigenvalue weighted by molar-refractivity contribution is 0.0723. The summed E-state index contributed by atoms with van der Waals surface area (Å²) < 4.78 is 13.3. The molecule has 1 aliphatic rings. The number of carbonyl (C=O) groups is 1. The van der Waals surface area contributed by atoms with Gasteiger partial charge < -0.3 is 9.80 Å². The third-order valence-electron chi connectivity index (χ3n) is 4.35. The summed E-state index contributed by atoms with van der Waals surface area (Å²) in [5, 5.41) is 0. The van der Waals surface area contributed by atoms with Gasteiger partial charge >= 0.3 is 0 Å². The van der Waals surface area contributed by atoms with Gasteiger partial charge in [-0.25, -0.2) is 15.0 Å². The molecule has 0 aromatic carbocycles. The van der Waals surface area contributed by atoms with Gasteiger partial charge in [0.1, 0.15) is 12.1 Å². The molecule has 3 heterocycles. The van der Waals surface area contributed by atoms with E-state index in [9.17, 15) is 9.18 Å². The minimum atomic E-state index is -0.495. The molecule has 126 valence electrons. The molecule has 2 aromatic rings. The number of anilines is 1. The van der Waals surface area contributed by atoms with E-state index in [1.807, 2.05) is 25.7 Å². The smallest absolute Gasteiger partial charge is 0.257 e. The molecule has 0 radical (unpaired) electrons. The number of aryl methyl sites for hydroxylation is 2. The lowest BCUT2D eigenvalue weighted by Gasteiger charge is -2.40. The Labute approximate surface area is 140 Å². The Hall–Kier alpha value is -2.57. The predicted octanol–water partition coefficient (Wildman–Crippen LogP) is 1.98. The van der Waals surface area contributed by atoms with Gasteiger partial charge in [-0.15, -0.1) is 0 Å². The maximum atomic E-state index is 13.3. The van der Waals surface area contributed by atoms with Crippen molar-refractivity contribution >= 4 is 11.7 Å². The number of carbonyl (C=O) groups excluding carboxylic acids is 1. The summed E-state index contributed by atoms with van der Waals surface area (Å²) in [7, 11) is 0. The molecule has 6 nitrogen and oxygen atoms in total. The molecular formula is C17H20FN5O. The molecule has 0 N–H and O–H groups in total. The lowest BCUT2D eigenvalue weighted by Crippen LogP contribution is -2.54. The highest BCUT2D eigenvalue weighted by molar-refractivity contribution is 5.96. The fourth-order valence-corrected chi connectivity index (χ4v) is 3.10. The SMILES string of the molecule is Cc1ncnc(C)c1C(=O)N1CCN(c2cccc(F)n2)C(C)C1. The molecule has 1 aliphatic heterocycles. The average molecular weight is 329 g/mol. The van der Waals surface area contributed by atoms with E-state index in [-0.39, 0.29) is 11.9 Å². The minimum absolute atomic E-state index is 0.0437. The molecule has 1 atom stereocenters. The van der Waals surface area contributed by atoms with E-state index in [0.29, 0.717) is 42.4 Å². The summed E-state index contributed by atoms with van der Waals surface area (Å²) in [4.78, 5) is 28.9. The van der Waals surface area contributed by atoms with Crippen molar-refractivity contribution in [2.24, 2.45) is 0 Å². The normalized spacial score (nSPS) is 17.9. The van der Waals surface area contributed by atoms with Crippen LogP contribution in [0.25, 0.3) is 0 Å². The van der Waals surface area contributed by atoms with Crippen molar-refractivity contribution < 1.29 is 9.18 Å². The quantitative estimate of drug-likeness (QED) is 0.789. The number of pyridine rings is 1. The highest BCUT2D eigenvalue weighted by Crippen LogP contribution is 2.21. The summed E-state index contributed by atoms with van der Waals surface area (Å²) >= 11 is 0. The molecule has 1 amide bonds. The second kappa shape index (κ2) is 6.51. The van der Waals surface area contributed by atoms with Crippen molar-refractivity contribution in [2.45, 2.75) is 26.8 Å². The predicted molar refractivity (Wildman–Crippen MR) is 88.4 cm³/mol. The Bertz CT molecular complexity index is 746. The van der Waals surface area contributed by atoms with Crippen LogP contribution in [-0.2, 0) is 0 Å². The van der Waals surface area contributed by atoms with Gasteiger partial charge in [0, 0.05) is 25.7 Å². The van der Waals surface area contributed by atoms with E-state index >= 15 is 0 Å². The molecule has 3 rings (SSSR count). The second-order valence-electron chi connectivity index (χ2n) is 6.03. The van der Waals surface area contributed by atoms with Crippen LogP contribution in [0.5, 0.6) is 0 Å². The van der Waals surface area contributed by atoms with Crippen molar-refractivity contribution in [3.8, 4) is 0 Å². The van der Waals surface area contributed by atoms with Crippen molar-refractivity contribution in [2.75, 3.05) is 24.5 Å². The first-order chi connectivity index (χ1) is 11.5. The van der Waals surface area contributed by atoms with Gasteiger partial charge in [0.05, 0.1) is 17.0 Å². The third kappa shape index (κ3) is 3.06. The average Bonchev–Trinajstić information content (AvgIpc) is 2.54. The minimum Gasteiger partial charge on any atom is -0.350 e. The molecule has 0 saturated carbocycles. The van der Waals surface area contributed by atoms with Gasteiger partial charge in [0.25, 0.3) is 5.91 Å². The van der Waals surface area contributed by atoms with E-state index in [4.69, 9.17) is 0 Å². The standard InChI is InChI=1S/C17H20FN5O/c1-11-9-22(17(24)16-12(2)19-10-20-13(16)3)7-8-23(11)15-6-4-5-14(18)21-15/h4-6,10-11H,7-9H2,1-3H3. The van der Waals surface area contributed by atoms with E-state index < -0.39 is 5.95 Å². The van der Waals surface area contributed by atoms with Gasteiger partial charge in [-0.3, -0.25) is 4.79 Å². The van der Waals surface area contributed by atoms with Crippen LogP contribution in [0.3, 0.4) is 0 Å². The summed E-state index contributed by atoms with van der Waals surface area (Å²) in [5.41, 5.74) is 1.95. The molecule has 1 saturated heterocycles. The van der Waals surface area contributed by atoms with Crippen LogP contribution in [0.4, 0.5) is 10.2 Å². The fourth-order valence-electron chi connectivity index (χ4n) is 3.10. The highest BCUT2D eigenvalue weighted by atomic mass is 19.1. The summed E-state index contributed by atoms with van der Waals surface area (Å²) in [5.74, 6) is 0.0557.